The van der Waals surface area contributed by atoms with Gasteiger partial charge in [-0.25, -0.2) is 0 Å². The number of fused-ring (bicyclic) bond motifs is 3. The predicted molar refractivity (Wildman–Crippen MR) is 75.9 cm³/mol. The molecule has 3 heteroatoms. The van der Waals surface area contributed by atoms with E-state index in [2.05, 4.69) is 28.9 Å². The van der Waals surface area contributed by atoms with Crippen LogP contribution in [0.4, 0.5) is 0 Å². The van der Waals surface area contributed by atoms with Crippen molar-refractivity contribution in [1.82, 2.24) is 9.88 Å². The topological polar surface area (TPSA) is 34.0 Å². The molecule has 1 saturated carbocycles. The average molecular weight is 260 g/mol. The molecule has 3 rings (SSSR count). The number of amides is 1. The lowest BCUT2D eigenvalue weighted by atomic mass is 9.90. The Balaban J connectivity index is 1.98. The number of nitrogens with zero attached hydrogens (tertiary/aromatic N) is 1. The summed E-state index contributed by atoms with van der Waals surface area (Å²) < 4.78 is 2.44. The Morgan fingerprint density at radius 3 is 2.68 bits per heavy atom. The Kier molecular flexibility index (Phi) is 3.63. The van der Waals surface area contributed by atoms with E-state index in [1.807, 2.05) is 0 Å². The van der Waals surface area contributed by atoms with Crippen LogP contribution in [0.5, 0.6) is 0 Å². The van der Waals surface area contributed by atoms with Gasteiger partial charge in [-0.3, -0.25) is 4.79 Å². The molecule has 0 bridgehead atoms. The molecule has 1 aliphatic carbocycles. The van der Waals surface area contributed by atoms with Crippen LogP contribution < -0.4 is 5.32 Å². The van der Waals surface area contributed by atoms with Gasteiger partial charge < -0.3 is 9.88 Å². The molecule has 3 nitrogen and oxygen atoms in total. The van der Waals surface area contributed by atoms with Crippen molar-refractivity contribution in [2.75, 3.05) is 0 Å². The van der Waals surface area contributed by atoms with E-state index in [4.69, 9.17) is 0 Å². The van der Waals surface area contributed by atoms with Crippen LogP contribution in [0, 0.1) is 12.8 Å². The quantitative estimate of drug-likeness (QED) is 0.763. The summed E-state index contributed by atoms with van der Waals surface area (Å²) in [6, 6.07) is 4.74. The average Bonchev–Trinajstić information content (AvgIpc) is 2.76. The third kappa shape index (κ3) is 2.43. The van der Waals surface area contributed by atoms with Crippen molar-refractivity contribution in [3.05, 3.63) is 23.5 Å². The molecule has 2 aliphatic rings. The number of carbonyl (C=O) groups is 1. The zero-order valence-electron chi connectivity index (χ0n) is 11.8. The molecule has 2 unspecified atom stereocenters. The van der Waals surface area contributed by atoms with E-state index in [0.29, 0.717) is 12.6 Å². The molecule has 1 aromatic rings. The van der Waals surface area contributed by atoms with Crippen molar-refractivity contribution in [1.29, 1.82) is 0 Å². The summed E-state index contributed by atoms with van der Waals surface area (Å²) >= 11 is 0. The van der Waals surface area contributed by atoms with Crippen LogP contribution in [0.3, 0.4) is 0 Å². The van der Waals surface area contributed by atoms with Crippen LogP contribution in [-0.2, 0) is 11.3 Å². The van der Waals surface area contributed by atoms with Crippen LogP contribution >= 0.6 is 0 Å². The molecule has 1 aromatic heterocycles. The minimum absolute atomic E-state index is 0.172. The molecule has 104 valence electrons. The molecule has 0 saturated heterocycles. The van der Waals surface area contributed by atoms with E-state index in [1.165, 1.54) is 43.5 Å². The highest BCUT2D eigenvalue weighted by atomic mass is 16.2. The first kappa shape index (κ1) is 12.8. The monoisotopic (exact) mass is 260 g/mol. The second kappa shape index (κ2) is 5.40. The van der Waals surface area contributed by atoms with Crippen molar-refractivity contribution in [3.63, 3.8) is 0 Å². The molecular weight excluding hydrogens is 236 g/mol. The van der Waals surface area contributed by atoms with Crippen molar-refractivity contribution >= 4 is 5.91 Å². The van der Waals surface area contributed by atoms with E-state index < -0.39 is 0 Å². The molecule has 0 spiro atoms. The van der Waals surface area contributed by atoms with Crippen LogP contribution in [-0.4, -0.2) is 10.5 Å². The van der Waals surface area contributed by atoms with Crippen molar-refractivity contribution in [2.45, 2.75) is 64.5 Å². The third-order valence-corrected chi connectivity index (χ3v) is 4.80. The molecule has 0 radical (unpaired) electrons. The zero-order chi connectivity index (χ0) is 13.2. The molecule has 0 aromatic carbocycles. The third-order valence-electron chi connectivity index (χ3n) is 4.80. The summed E-state index contributed by atoms with van der Waals surface area (Å²) in [6.07, 6.45) is 8.59. The number of nitrogens with one attached hydrogen (secondary N) is 1. The Labute approximate surface area is 115 Å². The van der Waals surface area contributed by atoms with Crippen molar-refractivity contribution < 1.29 is 4.79 Å². The van der Waals surface area contributed by atoms with Gasteiger partial charge >= 0.3 is 0 Å². The molecule has 1 fully saturated rings. The van der Waals surface area contributed by atoms with Crippen molar-refractivity contribution in [2.24, 2.45) is 5.92 Å². The number of rotatable bonds is 0. The van der Waals surface area contributed by atoms with Crippen LogP contribution in [0.15, 0.2) is 12.1 Å². The van der Waals surface area contributed by atoms with Gasteiger partial charge in [-0.1, -0.05) is 32.1 Å². The van der Waals surface area contributed by atoms with Gasteiger partial charge in [0.15, 0.2) is 0 Å². The van der Waals surface area contributed by atoms with Gasteiger partial charge in [-0.05, 0) is 31.9 Å². The SMILES string of the molecule is Cc1ccc2n1C1CCCCCCCC1C(=O)NC2. The van der Waals surface area contributed by atoms with Crippen LogP contribution in [0.25, 0.3) is 0 Å². The number of aryl methyl sites for hydroxylation is 1. The molecule has 1 aliphatic heterocycles. The Morgan fingerprint density at radius 1 is 1.11 bits per heavy atom. The Morgan fingerprint density at radius 2 is 1.84 bits per heavy atom. The van der Waals surface area contributed by atoms with E-state index in [9.17, 15) is 4.79 Å². The molecule has 1 N–H and O–H groups in total. The Hall–Kier alpha value is -1.25. The fourth-order valence-corrected chi connectivity index (χ4v) is 3.79. The summed E-state index contributed by atoms with van der Waals surface area (Å²) in [7, 11) is 0. The lowest BCUT2D eigenvalue weighted by molar-refractivity contribution is -0.126. The van der Waals surface area contributed by atoms with E-state index >= 15 is 0 Å². The van der Waals surface area contributed by atoms with Gasteiger partial charge in [0.05, 0.1) is 12.5 Å². The summed E-state index contributed by atoms with van der Waals surface area (Å²) in [4.78, 5) is 12.4. The fraction of sp³-hybridized carbons (Fsp3) is 0.688. The summed E-state index contributed by atoms with van der Waals surface area (Å²) in [5.41, 5.74) is 2.58. The lowest BCUT2D eigenvalue weighted by Gasteiger charge is -2.27. The van der Waals surface area contributed by atoms with Crippen LogP contribution in [0.2, 0.25) is 0 Å². The number of hydrogen-bond donors (Lipinski definition) is 1. The summed E-state index contributed by atoms with van der Waals surface area (Å²) in [5, 5.41) is 3.12. The Bertz CT molecular complexity index is 463. The maximum Gasteiger partial charge on any atom is 0.225 e. The number of aromatic nitrogens is 1. The second-order valence-electron chi connectivity index (χ2n) is 6.07. The first-order chi connectivity index (χ1) is 9.27. The highest BCUT2D eigenvalue weighted by Gasteiger charge is 2.33. The van der Waals surface area contributed by atoms with Gasteiger partial charge in [0.1, 0.15) is 0 Å². The van der Waals surface area contributed by atoms with Crippen LogP contribution in [0.1, 0.15) is 62.4 Å². The molecule has 19 heavy (non-hydrogen) atoms. The fourth-order valence-electron chi connectivity index (χ4n) is 3.79. The van der Waals surface area contributed by atoms with Gasteiger partial charge in [0.25, 0.3) is 0 Å². The maximum absolute atomic E-state index is 12.4. The van der Waals surface area contributed by atoms with Gasteiger partial charge in [-0.15, -0.1) is 0 Å². The zero-order valence-corrected chi connectivity index (χ0v) is 11.8. The maximum atomic E-state index is 12.4. The molecule has 2 heterocycles. The highest BCUT2D eigenvalue weighted by Crippen LogP contribution is 2.35. The normalized spacial score (nSPS) is 28.2. The highest BCUT2D eigenvalue weighted by molar-refractivity contribution is 5.79. The smallest absolute Gasteiger partial charge is 0.225 e. The molecule has 2 atom stereocenters. The minimum atomic E-state index is 0.172. The molecular formula is C16H24N2O. The van der Waals surface area contributed by atoms with Gasteiger partial charge in [0, 0.05) is 17.4 Å². The minimum Gasteiger partial charge on any atom is -0.350 e. The second-order valence-corrected chi connectivity index (χ2v) is 6.07. The van der Waals surface area contributed by atoms with E-state index in [-0.39, 0.29) is 11.8 Å². The van der Waals surface area contributed by atoms with Crippen molar-refractivity contribution in [3.8, 4) is 0 Å². The molecule has 1 amide bonds. The van der Waals surface area contributed by atoms with E-state index in [0.717, 1.165) is 12.8 Å². The first-order valence-corrected chi connectivity index (χ1v) is 7.72. The summed E-state index contributed by atoms with van der Waals surface area (Å²) in [6.45, 7) is 2.86. The standard InChI is InChI=1S/C16H24N2O/c1-12-9-10-13-11-17-16(19)14-7-5-3-2-4-6-8-15(14)18(12)13/h9-10,14-15H,2-8,11H2,1H3,(H,17,19). The first-order valence-electron chi connectivity index (χ1n) is 7.72. The van der Waals surface area contributed by atoms with Gasteiger partial charge in [-0.2, -0.15) is 0 Å². The lowest BCUT2D eigenvalue weighted by Crippen LogP contribution is -2.32. The largest absolute Gasteiger partial charge is 0.350 e. The summed E-state index contributed by atoms with van der Waals surface area (Å²) in [5.74, 6) is 0.445. The van der Waals surface area contributed by atoms with E-state index in [1.54, 1.807) is 0 Å². The predicted octanol–water partition coefficient (Wildman–Crippen LogP) is 3.33. The number of hydrogen-bond acceptors (Lipinski definition) is 1. The number of carbonyl (C=O) groups excluding carboxylic acids is 1. The van der Waals surface area contributed by atoms with Gasteiger partial charge in [0.2, 0.25) is 5.91 Å².